The average molecular weight is 723 g/mol. The molecule has 7 rings (SSSR count). The van der Waals surface area contributed by atoms with Gasteiger partial charge in [0.05, 0.1) is 39.5 Å². The van der Waals surface area contributed by atoms with Crippen LogP contribution in [0.2, 0.25) is 5.02 Å². The molecule has 2 saturated carbocycles. The van der Waals surface area contributed by atoms with Crippen molar-refractivity contribution in [2.24, 2.45) is 28.0 Å². The molecule has 2 aromatic rings. The van der Waals surface area contributed by atoms with Crippen molar-refractivity contribution in [3.63, 3.8) is 0 Å². The van der Waals surface area contributed by atoms with E-state index in [-0.39, 0.29) is 46.2 Å². The van der Waals surface area contributed by atoms with Gasteiger partial charge in [0, 0.05) is 55.0 Å². The number of aryl methyl sites for hydroxylation is 1. The molecule has 0 radical (unpaired) electrons. The molecule has 0 saturated heterocycles. The van der Waals surface area contributed by atoms with Crippen LogP contribution < -0.4 is 9.64 Å². The number of halogens is 1. The van der Waals surface area contributed by atoms with Crippen LogP contribution in [-0.4, -0.2) is 73.0 Å². The topological polar surface area (TPSA) is 94.5 Å². The maximum atomic E-state index is 14.6. The van der Waals surface area contributed by atoms with Crippen LogP contribution in [0.15, 0.2) is 52.9 Å². The fourth-order valence-electron chi connectivity index (χ4n) is 9.19. The first-order valence-corrected chi connectivity index (χ1v) is 20.5. The molecule has 3 aliphatic carbocycles. The van der Waals surface area contributed by atoms with E-state index in [1.54, 1.807) is 20.3 Å². The Bertz CT molecular complexity index is 1800. The second-order valence-corrected chi connectivity index (χ2v) is 18.7. The van der Waals surface area contributed by atoms with Crippen LogP contribution in [0.4, 0.5) is 5.69 Å². The number of methoxy groups -OCH3 is 2. The number of nitrogens with zero attached hydrogens (tertiary/aromatic N) is 2. The summed E-state index contributed by atoms with van der Waals surface area (Å²) in [5, 5.41) is 0.750. The van der Waals surface area contributed by atoms with Gasteiger partial charge in [-0.3, -0.25) is 9.59 Å². The molecule has 1 spiro atoms. The van der Waals surface area contributed by atoms with E-state index >= 15 is 0 Å². The smallest absolute Gasteiger partial charge is 0.285 e. The van der Waals surface area contributed by atoms with Crippen LogP contribution >= 0.6 is 11.6 Å². The zero-order valence-electron chi connectivity index (χ0n) is 29.8. The molecule has 50 heavy (non-hydrogen) atoms. The Morgan fingerprint density at radius 2 is 1.98 bits per heavy atom. The molecule has 1 amide bonds. The molecule has 0 aromatic heterocycles. The summed E-state index contributed by atoms with van der Waals surface area (Å²) in [6.45, 7) is 6.07. The minimum Gasteiger partial charge on any atom is -0.490 e. The van der Waals surface area contributed by atoms with Gasteiger partial charge < -0.3 is 19.1 Å². The molecule has 5 aliphatic rings. The van der Waals surface area contributed by atoms with Gasteiger partial charge in [0.1, 0.15) is 11.5 Å². The van der Waals surface area contributed by atoms with Crippen molar-refractivity contribution < 1.29 is 28.0 Å². The molecular weight excluding hydrogens is 672 g/mol. The molecule has 2 aliphatic heterocycles. The number of carbonyl (C=O) groups is 2. The van der Waals surface area contributed by atoms with Crippen molar-refractivity contribution in [3.8, 4) is 5.75 Å². The van der Waals surface area contributed by atoms with Gasteiger partial charge in [0.2, 0.25) is 0 Å². The van der Waals surface area contributed by atoms with Crippen LogP contribution in [0.25, 0.3) is 0 Å². The van der Waals surface area contributed by atoms with Crippen LogP contribution in [0, 0.1) is 23.7 Å². The van der Waals surface area contributed by atoms with Crippen molar-refractivity contribution in [2.75, 3.05) is 50.3 Å². The van der Waals surface area contributed by atoms with Gasteiger partial charge in [0.15, 0.2) is 0 Å². The fraction of sp³-hybridized carbons (Fsp3) is 0.600. The maximum absolute atomic E-state index is 14.6. The van der Waals surface area contributed by atoms with Crippen LogP contribution in [0.5, 0.6) is 5.75 Å². The van der Waals surface area contributed by atoms with Gasteiger partial charge in [0.25, 0.3) is 5.91 Å². The molecule has 6 atom stereocenters. The highest BCUT2D eigenvalue weighted by Crippen LogP contribution is 2.47. The average Bonchev–Trinajstić information content (AvgIpc) is 3.20. The second-order valence-electron chi connectivity index (χ2n) is 16.0. The molecule has 8 nitrogen and oxygen atoms in total. The number of fused-ring (bicyclic) bond motifs is 4. The van der Waals surface area contributed by atoms with Gasteiger partial charge in [-0.2, -0.15) is 4.36 Å². The van der Waals surface area contributed by atoms with Gasteiger partial charge in [-0.1, -0.05) is 36.7 Å². The molecule has 10 heteroatoms. The lowest BCUT2D eigenvalue weighted by Crippen LogP contribution is -2.49. The number of carbonyl (C=O) groups excluding carboxylic acids is 2. The Kier molecular flexibility index (Phi) is 10.00. The number of allylic oxidation sites excluding steroid dienone is 1. The van der Waals surface area contributed by atoms with E-state index in [1.807, 2.05) is 32.0 Å². The Hall–Kier alpha value is -2.72. The Labute approximate surface area is 302 Å². The first kappa shape index (κ1) is 35.7. The number of ketones is 1. The third-order valence-corrected chi connectivity index (χ3v) is 14.8. The molecule has 2 heterocycles. The Balaban J connectivity index is 1.27. The molecular formula is C40H51ClN2O6S. The highest BCUT2D eigenvalue weighted by atomic mass is 35.5. The van der Waals surface area contributed by atoms with E-state index in [4.69, 9.17) is 25.8 Å². The number of hydrogen-bond donors (Lipinski definition) is 0. The van der Waals surface area contributed by atoms with E-state index in [0.717, 1.165) is 61.7 Å². The molecule has 0 unspecified atom stereocenters. The van der Waals surface area contributed by atoms with Crippen molar-refractivity contribution in [1.82, 2.24) is 0 Å². The zero-order chi connectivity index (χ0) is 35.3. The summed E-state index contributed by atoms with van der Waals surface area (Å²) >= 11 is 6.46. The monoisotopic (exact) mass is 722 g/mol. The lowest BCUT2D eigenvalue weighted by atomic mass is 9.68. The summed E-state index contributed by atoms with van der Waals surface area (Å²) in [7, 11) is 0.244. The van der Waals surface area contributed by atoms with Gasteiger partial charge in [-0.05, 0) is 118 Å². The van der Waals surface area contributed by atoms with Crippen LogP contribution in [0.1, 0.15) is 80.3 Å². The summed E-state index contributed by atoms with van der Waals surface area (Å²) in [5.41, 5.74) is 3.21. The Morgan fingerprint density at radius 3 is 2.72 bits per heavy atom. The van der Waals surface area contributed by atoms with Gasteiger partial charge in [-0.25, -0.2) is 4.21 Å². The van der Waals surface area contributed by atoms with Crippen LogP contribution in [-0.2, 0) is 35.8 Å². The minimum absolute atomic E-state index is 0.0275. The SMILES string of the molecule is CO[C@H]1/C=C/C[C@H](C)C[S@@](=O)(CC(=O)C2CC(C)(OC)C2)=NC(=O)c2ccc3c(c2)N(C[C@@H]2CC[C@H]21)C[C@@]1(CCCc2cc(Cl)ccc21)CO3. The number of amides is 1. The number of ether oxygens (including phenoxy) is 3. The van der Waals surface area contributed by atoms with Crippen molar-refractivity contribution in [2.45, 2.75) is 82.3 Å². The fourth-order valence-corrected chi connectivity index (χ4v) is 11.8. The van der Waals surface area contributed by atoms with Crippen molar-refractivity contribution in [1.29, 1.82) is 0 Å². The third-order valence-electron chi connectivity index (χ3n) is 12.2. The van der Waals surface area contributed by atoms with Crippen molar-refractivity contribution in [3.05, 3.63) is 70.3 Å². The largest absolute Gasteiger partial charge is 0.490 e. The number of rotatable bonds is 5. The molecule has 0 N–H and O–H groups in total. The van der Waals surface area contributed by atoms with E-state index in [2.05, 4.69) is 33.5 Å². The minimum atomic E-state index is -3.19. The van der Waals surface area contributed by atoms with E-state index in [9.17, 15) is 13.8 Å². The van der Waals surface area contributed by atoms with Gasteiger partial charge in [-0.15, -0.1) is 0 Å². The standard InChI is InChI=1S/C40H51ClN2O6S/c1-26-7-5-9-36(47-3)32-13-10-29(32)21-43-24-40(16-6-8-27-17-31(41)12-14-33(27)40)25-49-37-15-11-28(18-34(37)43)38(45)42-50(46,22-26)23-35(44)30-19-39(2,20-30)48-4/h5,9,11-12,14-15,17-18,26,29-30,32,36H,6-8,10,13,16,19-25H2,1-4H3/b9-5+/t26-,29-,30?,32+,36-,39?,40-,50+/m0/s1. The lowest BCUT2D eigenvalue weighted by Gasteiger charge is -2.46. The number of benzene rings is 2. The van der Waals surface area contributed by atoms with Gasteiger partial charge >= 0.3 is 0 Å². The second kappa shape index (κ2) is 14.0. The summed E-state index contributed by atoms with van der Waals surface area (Å²) in [6, 6.07) is 11.7. The predicted octanol–water partition coefficient (Wildman–Crippen LogP) is 7.44. The third kappa shape index (κ3) is 7.04. The van der Waals surface area contributed by atoms with Crippen LogP contribution in [0.3, 0.4) is 0 Å². The number of hydrogen-bond acceptors (Lipinski definition) is 7. The maximum Gasteiger partial charge on any atom is 0.285 e. The summed E-state index contributed by atoms with van der Waals surface area (Å²) in [5.74, 6) is 0.513. The molecule has 270 valence electrons. The van der Waals surface area contributed by atoms with E-state index < -0.39 is 15.6 Å². The normalized spacial score (nSPS) is 36.1. The van der Waals surface area contributed by atoms with E-state index in [0.29, 0.717) is 43.3 Å². The summed E-state index contributed by atoms with van der Waals surface area (Å²) in [4.78, 5) is 29.9. The predicted molar refractivity (Wildman–Crippen MR) is 198 cm³/mol. The number of anilines is 1. The highest BCUT2D eigenvalue weighted by molar-refractivity contribution is 7.94. The lowest BCUT2D eigenvalue weighted by molar-refractivity contribution is -0.138. The summed E-state index contributed by atoms with van der Waals surface area (Å²) in [6.07, 6.45) is 11.3. The molecule has 2 aromatic carbocycles. The first-order chi connectivity index (χ1) is 23.9. The number of Topliss-reactive ketones (excluding diaryl/α,β-unsaturated/α-hetero) is 1. The quantitative estimate of drug-likeness (QED) is 0.296. The first-order valence-electron chi connectivity index (χ1n) is 18.3. The Morgan fingerprint density at radius 1 is 1.16 bits per heavy atom. The highest BCUT2D eigenvalue weighted by Gasteiger charge is 2.46. The van der Waals surface area contributed by atoms with Crippen molar-refractivity contribution >= 4 is 38.7 Å². The summed E-state index contributed by atoms with van der Waals surface area (Å²) < 4.78 is 37.3. The molecule has 2 fully saturated rings. The van der Waals surface area contributed by atoms with E-state index in [1.165, 1.54) is 11.1 Å². The zero-order valence-corrected chi connectivity index (χ0v) is 31.4. The molecule has 2 bridgehead atoms.